The van der Waals surface area contributed by atoms with Gasteiger partial charge in [0.05, 0.1) is 24.2 Å². The summed E-state index contributed by atoms with van der Waals surface area (Å²) in [6, 6.07) is 11.2. The van der Waals surface area contributed by atoms with E-state index in [1.165, 1.54) is 26.2 Å². The topological polar surface area (TPSA) is 84.9 Å². The first-order valence-electron chi connectivity index (χ1n) is 9.43. The zero-order valence-electron chi connectivity index (χ0n) is 17.4. The van der Waals surface area contributed by atoms with Crippen LogP contribution in [-0.2, 0) is 10.0 Å². The highest BCUT2D eigenvalue weighted by Gasteiger charge is 2.20. The lowest BCUT2D eigenvalue weighted by Gasteiger charge is -2.18. The number of rotatable bonds is 9. The van der Waals surface area contributed by atoms with Crippen LogP contribution < -0.4 is 14.8 Å². The summed E-state index contributed by atoms with van der Waals surface area (Å²) in [4.78, 5) is 12.8. The number of carbonyl (C=O) groups is 1. The molecule has 0 heterocycles. The molecule has 0 saturated carbocycles. The fourth-order valence-electron chi connectivity index (χ4n) is 2.71. The van der Waals surface area contributed by atoms with Gasteiger partial charge in [-0.1, -0.05) is 12.1 Å². The van der Waals surface area contributed by atoms with E-state index in [0.29, 0.717) is 24.7 Å². The van der Waals surface area contributed by atoms with Gasteiger partial charge in [0, 0.05) is 19.7 Å². The summed E-state index contributed by atoms with van der Waals surface area (Å²) in [5.41, 5.74) is 1.12. The molecule has 29 heavy (non-hydrogen) atoms. The first-order chi connectivity index (χ1) is 13.7. The maximum absolute atomic E-state index is 12.7. The van der Waals surface area contributed by atoms with E-state index in [1.54, 1.807) is 12.1 Å². The van der Waals surface area contributed by atoms with E-state index in [9.17, 15) is 13.2 Å². The number of sulfonamides is 1. The minimum absolute atomic E-state index is 0.0718. The molecular formula is C21H28N2O5S. The third-order valence-electron chi connectivity index (χ3n) is 4.29. The molecule has 0 aliphatic rings. The van der Waals surface area contributed by atoms with Crippen LogP contribution in [0, 0.1) is 0 Å². The Balaban J connectivity index is 2.22. The Labute approximate surface area is 172 Å². The Morgan fingerprint density at radius 2 is 1.69 bits per heavy atom. The van der Waals surface area contributed by atoms with Gasteiger partial charge in [0.25, 0.3) is 5.91 Å². The molecule has 2 aromatic rings. The summed E-state index contributed by atoms with van der Waals surface area (Å²) < 4.78 is 36.9. The van der Waals surface area contributed by atoms with Gasteiger partial charge in [-0.25, -0.2) is 12.7 Å². The highest BCUT2D eigenvalue weighted by molar-refractivity contribution is 7.89. The van der Waals surface area contributed by atoms with Crippen molar-refractivity contribution in [3.63, 3.8) is 0 Å². The molecule has 2 aromatic carbocycles. The lowest BCUT2D eigenvalue weighted by molar-refractivity contribution is 0.0939. The molecule has 1 amide bonds. The Morgan fingerprint density at radius 1 is 1.03 bits per heavy atom. The first-order valence-corrected chi connectivity index (χ1v) is 10.9. The summed E-state index contributed by atoms with van der Waals surface area (Å²) in [5.74, 6) is 0.908. The average Bonchev–Trinajstić information content (AvgIpc) is 2.69. The van der Waals surface area contributed by atoms with Crippen LogP contribution in [0.3, 0.4) is 0 Å². The van der Waals surface area contributed by atoms with Gasteiger partial charge in [0.15, 0.2) is 11.5 Å². The number of benzene rings is 2. The van der Waals surface area contributed by atoms with E-state index in [4.69, 9.17) is 9.47 Å². The Bertz CT molecular complexity index is 957. The lowest BCUT2D eigenvalue weighted by atomic mass is 10.1. The van der Waals surface area contributed by atoms with Crippen LogP contribution in [0.1, 0.15) is 42.7 Å². The smallest absolute Gasteiger partial charge is 0.251 e. The van der Waals surface area contributed by atoms with Gasteiger partial charge in [-0.15, -0.1) is 0 Å². The summed E-state index contributed by atoms with van der Waals surface area (Å²) in [7, 11) is -0.712. The molecule has 0 radical (unpaired) electrons. The standard InChI is InChI=1S/C21H28N2O5S/c1-6-27-19-12-11-16(14-20(19)28-7-2)15(3)22-21(24)17-9-8-10-18(13-17)29(25,26)23(4)5/h8-15H,6-7H2,1-5H3,(H,22,24)/t15-/m0/s1. The molecule has 0 fully saturated rings. The minimum atomic E-state index is -3.61. The lowest BCUT2D eigenvalue weighted by Crippen LogP contribution is -2.27. The zero-order chi connectivity index (χ0) is 21.6. The zero-order valence-corrected chi connectivity index (χ0v) is 18.2. The Kier molecular flexibility index (Phi) is 7.64. The first kappa shape index (κ1) is 22.7. The fourth-order valence-corrected chi connectivity index (χ4v) is 3.66. The Morgan fingerprint density at radius 3 is 2.31 bits per heavy atom. The van der Waals surface area contributed by atoms with Gasteiger partial charge in [-0.05, 0) is 56.7 Å². The number of hydrogen-bond donors (Lipinski definition) is 1. The van der Waals surface area contributed by atoms with Gasteiger partial charge in [-0.2, -0.15) is 0 Å². The minimum Gasteiger partial charge on any atom is -0.490 e. The third kappa shape index (κ3) is 5.48. The molecule has 8 heteroatoms. The number of ether oxygens (including phenoxy) is 2. The van der Waals surface area contributed by atoms with Gasteiger partial charge < -0.3 is 14.8 Å². The predicted octanol–water partition coefficient (Wildman–Crippen LogP) is 3.23. The van der Waals surface area contributed by atoms with Gasteiger partial charge >= 0.3 is 0 Å². The van der Waals surface area contributed by atoms with Gasteiger partial charge in [0.2, 0.25) is 10.0 Å². The van der Waals surface area contributed by atoms with Crippen molar-refractivity contribution in [1.82, 2.24) is 9.62 Å². The van der Waals surface area contributed by atoms with E-state index < -0.39 is 10.0 Å². The van der Waals surface area contributed by atoms with Crippen molar-refractivity contribution in [3.8, 4) is 11.5 Å². The van der Waals surface area contributed by atoms with Crippen molar-refractivity contribution >= 4 is 15.9 Å². The molecule has 0 spiro atoms. The fraction of sp³-hybridized carbons (Fsp3) is 0.381. The monoisotopic (exact) mass is 420 g/mol. The van der Waals surface area contributed by atoms with Crippen LogP contribution in [0.2, 0.25) is 0 Å². The molecule has 2 rings (SSSR count). The largest absolute Gasteiger partial charge is 0.490 e. The normalized spacial score (nSPS) is 12.5. The average molecular weight is 421 g/mol. The molecule has 0 bridgehead atoms. The molecule has 7 nitrogen and oxygen atoms in total. The van der Waals surface area contributed by atoms with Crippen LogP contribution in [0.25, 0.3) is 0 Å². The van der Waals surface area contributed by atoms with Crippen LogP contribution in [-0.4, -0.2) is 45.9 Å². The number of nitrogens with one attached hydrogen (secondary N) is 1. The van der Waals surface area contributed by atoms with E-state index in [2.05, 4.69) is 5.32 Å². The number of hydrogen-bond acceptors (Lipinski definition) is 5. The summed E-state index contributed by atoms with van der Waals surface area (Å²) in [6.07, 6.45) is 0. The van der Waals surface area contributed by atoms with E-state index in [0.717, 1.165) is 9.87 Å². The van der Waals surface area contributed by atoms with Crippen molar-refractivity contribution in [2.24, 2.45) is 0 Å². The maximum atomic E-state index is 12.7. The third-order valence-corrected chi connectivity index (χ3v) is 6.10. The molecule has 1 N–H and O–H groups in total. The molecule has 158 valence electrons. The van der Waals surface area contributed by atoms with Crippen molar-refractivity contribution in [2.45, 2.75) is 31.7 Å². The van der Waals surface area contributed by atoms with Crippen LogP contribution in [0.4, 0.5) is 0 Å². The molecular weight excluding hydrogens is 392 g/mol. The van der Waals surface area contributed by atoms with E-state index in [1.807, 2.05) is 39.0 Å². The highest BCUT2D eigenvalue weighted by atomic mass is 32.2. The Hall–Kier alpha value is -2.58. The van der Waals surface area contributed by atoms with E-state index >= 15 is 0 Å². The maximum Gasteiger partial charge on any atom is 0.251 e. The molecule has 1 atom stereocenters. The predicted molar refractivity (Wildman–Crippen MR) is 112 cm³/mol. The molecule has 0 unspecified atom stereocenters. The van der Waals surface area contributed by atoms with Crippen molar-refractivity contribution in [3.05, 3.63) is 53.6 Å². The summed E-state index contributed by atoms with van der Waals surface area (Å²) in [5, 5.41) is 2.90. The number of nitrogens with zero attached hydrogens (tertiary/aromatic N) is 1. The second-order valence-corrected chi connectivity index (χ2v) is 8.73. The molecule has 0 aliphatic carbocycles. The molecule has 0 aromatic heterocycles. The van der Waals surface area contributed by atoms with Gasteiger partial charge in [-0.3, -0.25) is 4.79 Å². The second-order valence-electron chi connectivity index (χ2n) is 6.58. The van der Waals surface area contributed by atoms with Crippen LogP contribution in [0.15, 0.2) is 47.4 Å². The summed E-state index contributed by atoms with van der Waals surface area (Å²) >= 11 is 0. The quantitative estimate of drug-likeness (QED) is 0.673. The number of carbonyl (C=O) groups excluding carboxylic acids is 1. The van der Waals surface area contributed by atoms with Crippen molar-refractivity contribution in [2.75, 3.05) is 27.3 Å². The molecule has 0 aliphatic heterocycles. The van der Waals surface area contributed by atoms with Crippen LogP contribution in [0.5, 0.6) is 11.5 Å². The van der Waals surface area contributed by atoms with Gasteiger partial charge in [0.1, 0.15) is 0 Å². The highest BCUT2D eigenvalue weighted by Crippen LogP contribution is 2.30. The summed E-state index contributed by atoms with van der Waals surface area (Å²) in [6.45, 7) is 6.67. The van der Waals surface area contributed by atoms with Crippen LogP contribution >= 0.6 is 0 Å². The number of amides is 1. The SMILES string of the molecule is CCOc1ccc([C@H](C)NC(=O)c2cccc(S(=O)(=O)N(C)C)c2)cc1OCC. The van der Waals surface area contributed by atoms with Crippen molar-refractivity contribution in [1.29, 1.82) is 0 Å². The van der Waals surface area contributed by atoms with Crippen molar-refractivity contribution < 1.29 is 22.7 Å². The van der Waals surface area contributed by atoms with E-state index in [-0.39, 0.29) is 22.4 Å². The molecule has 0 saturated heterocycles. The second kappa shape index (κ2) is 9.76.